The molecule has 0 aromatic rings. The molecule has 2 saturated heterocycles. The van der Waals surface area contributed by atoms with Crippen LogP contribution in [0.4, 0.5) is 0 Å². The first-order valence-electron chi connectivity index (χ1n) is 9.86. The van der Waals surface area contributed by atoms with Gasteiger partial charge in [0.05, 0.1) is 4.91 Å². The van der Waals surface area contributed by atoms with Gasteiger partial charge in [0, 0.05) is 6.42 Å². The third-order valence-corrected chi connectivity index (χ3v) is 6.97. The van der Waals surface area contributed by atoms with E-state index in [0.717, 1.165) is 6.42 Å². The smallest absolute Gasteiger partial charge is 0.313 e. The molecule has 0 spiro atoms. The molecule has 6 heteroatoms. The van der Waals surface area contributed by atoms with Crippen molar-refractivity contribution in [2.75, 3.05) is 0 Å². The van der Waals surface area contributed by atoms with E-state index in [1.807, 2.05) is 26.8 Å². The van der Waals surface area contributed by atoms with Gasteiger partial charge in [0.1, 0.15) is 16.8 Å². The maximum atomic E-state index is 13.0. The molecule has 1 aliphatic carbocycles. The molecule has 7 unspecified atom stereocenters. The number of allylic oxidation sites excluding steroid dienone is 1. The molecule has 2 aliphatic heterocycles. The molecule has 2 bridgehead atoms. The molecule has 0 amide bonds. The van der Waals surface area contributed by atoms with Crippen LogP contribution in [0.25, 0.3) is 0 Å². The SMILES string of the molecule is CC(C)C1C=CC(C)(O)C(O[N+](=O)C2C(O)C3(C(C)C)CCC2(C)O3)C1. The summed E-state index contributed by atoms with van der Waals surface area (Å²) >= 11 is 0. The average molecular weight is 368 g/mol. The Bertz CT molecular complexity index is 601. The van der Waals surface area contributed by atoms with Crippen LogP contribution in [0, 0.1) is 22.7 Å². The Morgan fingerprint density at radius 3 is 2.42 bits per heavy atom. The molecule has 3 aliphatic rings. The van der Waals surface area contributed by atoms with Crippen molar-refractivity contribution in [3.8, 4) is 0 Å². The summed E-state index contributed by atoms with van der Waals surface area (Å²) in [5.74, 6) is 0.739. The van der Waals surface area contributed by atoms with Crippen molar-refractivity contribution in [2.24, 2.45) is 17.8 Å². The quantitative estimate of drug-likeness (QED) is 0.576. The number of nitrogens with zero attached hydrogens (tertiary/aromatic N) is 1. The highest BCUT2D eigenvalue weighted by molar-refractivity contribution is 5.15. The third kappa shape index (κ3) is 2.90. The molecule has 148 valence electrons. The number of hydrogen-bond acceptors (Lipinski definition) is 5. The highest BCUT2D eigenvalue weighted by atomic mass is 16.8. The van der Waals surface area contributed by atoms with Crippen molar-refractivity contribution in [1.29, 1.82) is 0 Å². The Balaban J connectivity index is 1.79. The zero-order valence-electron chi connectivity index (χ0n) is 16.8. The predicted molar refractivity (Wildman–Crippen MR) is 97.3 cm³/mol. The monoisotopic (exact) mass is 368 g/mol. The predicted octanol–water partition coefficient (Wildman–Crippen LogP) is 2.76. The lowest BCUT2D eigenvalue weighted by molar-refractivity contribution is -0.846. The lowest BCUT2D eigenvalue weighted by atomic mass is 9.72. The minimum Gasteiger partial charge on any atom is -0.383 e. The van der Waals surface area contributed by atoms with E-state index in [9.17, 15) is 15.1 Å². The van der Waals surface area contributed by atoms with E-state index in [2.05, 4.69) is 13.8 Å². The molecule has 2 fully saturated rings. The topological polar surface area (TPSA) is 79.0 Å². The minimum absolute atomic E-state index is 0.101. The van der Waals surface area contributed by atoms with Crippen LogP contribution in [0.2, 0.25) is 0 Å². The fourth-order valence-corrected chi connectivity index (χ4v) is 4.91. The lowest BCUT2D eigenvalue weighted by Crippen LogP contribution is -2.56. The minimum atomic E-state index is -1.21. The van der Waals surface area contributed by atoms with Gasteiger partial charge in [-0.25, -0.2) is 4.84 Å². The van der Waals surface area contributed by atoms with Crippen molar-refractivity contribution >= 4 is 0 Å². The van der Waals surface area contributed by atoms with Gasteiger partial charge in [-0.3, -0.25) is 0 Å². The maximum Gasteiger partial charge on any atom is 0.313 e. The lowest BCUT2D eigenvalue weighted by Gasteiger charge is -2.35. The second kappa shape index (κ2) is 6.28. The van der Waals surface area contributed by atoms with E-state index < -0.39 is 35.1 Å². The zero-order chi connectivity index (χ0) is 19.5. The summed E-state index contributed by atoms with van der Waals surface area (Å²) in [4.78, 5) is 19.2. The van der Waals surface area contributed by atoms with Gasteiger partial charge in [0.2, 0.25) is 11.0 Å². The molecule has 2 heterocycles. The van der Waals surface area contributed by atoms with Crippen LogP contribution in [0.3, 0.4) is 0 Å². The van der Waals surface area contributed by atoms with Crippen LogP contribution in [-0.2, 0) is 9.57 Å². The number of aliphatic hydroxyl groups is 2. The van der Waals surface area contributed by atoms with Gasteiger partial charge in [-0.15, -0.1) is 0 Å². The molecule has 0 radical (unpaired) electrons. The molecule has 0 aromatic heterocycles. The molecular formula is C20H34NO5+. The highest BCUT2D eigenvalue weighted by Gasteiger charge is 2.74. The molecule has 0 aromatic carbocycles. The van der Waals surface area contributed by atoms with Crippen molar-refractivity contribution in [3.63, 3.8) is 0 Å². The summed E-state index contributed by atoms with van der Waals surface area (Å²) in [6.07, 6.45) is 4.19. The normalized spacial score (nSPS) is 47.8. The van der Waals surface area contributed by atoms with Crippen molar-refractivity contribution < 1.29 is 24.7 Å². The van der Waals surface area contributed by atoms with Crippen LogP contribution in [0.15, 0.2) is 12.2 Å². The van der Waals surface area contributed by atoms with Gasteiger partial charge in [-0.05, 0) is 44.4 Å². The molecule has 2 N–H and O–H groups in total. The van der Waals surface area contributed by atoms with E-state index in [4.69, 9.17) is 9.57 Å². The zero-order valence-corrected chi connectivity index (χ0v) is 16.8. The number of rotatable bonds is 5. The maximum absolute atomic E-state index is 13.0. The molecule has 6 nitrogen and oxygen atoms in total. The molecule has 0 saturated carbocycles. The number of aliphatic hydroxyl groups excluding tert-OH is 1. The Hall–Kier alpha value is -0.980. The summed E-state index contributed by atoms with van der Waals surface area (Å²) in [6.45, 7) is 11.8. The molecule has 7 atom stereocenters. The van der Waals surface area contributed by atoms with Gasteiger partial charge in [-0.2, -0.15) is 0 Å². The van der Waals surface area contributed by atoms with Crippen molar-refractivity contribution in [3.05, 3.63) is 17.1 Å². The second-order valence-electron chi connectivity index (χ2n) is 9.52. The Morgan fingerprint density at radius 1 is 1.23 bits per heavy atom. The van der Waals surface area contributed by atoms with E-state index in [0.29, 0.717) is 23.7 Å². The Labute approximate surface area is 156 Å². The van der Waals surface area contributed by atoms with Crippen LogP contribution < -0.4 is 0 Å². The molecule has 26 heavy (non-hydrogen) atoms. The van der Waals surface area contributed by atoms with E-state index in [1.54, 1.807) is 13.0 Å². The standard InChI is InChI=1S/C20H34NO5/c1-12(2)14-7-8-18(5,23)15(11-14)25-21(24)16-17(22)20(13(3)4)10-9-19(16,6)26-20/h7-8,12-17,22-23H,9-11H2,1-6H3/q+1. The van der Waals surface area contributed by atoms with Crippen LogP contribution in [-0.4, -0.2) is 50.2 Å². The molecule has 3 rings (SSSR count). The fourth-order valence-electron chi connectivity index (χ4n) is 4.91. The number of hydrogen-bond donors (Lipinski definition) is 2. The van der Waals surface area contributed by atoms with E-state index >= 15 is 0 Å². The molecular weight excluding hydrogens is 334 g/mol. The summed E-state index contributed by atoms with van der Waals surface area (Å²) in [7, 11) is 0. The first kappa shape index (κ1) is 19.8. The van der Waals surface area contributed by atoms with Crippen molar-refractivity contribution in [1.82, 2.24) is 0 Å². The van der Waals surface area contributed by atoms with E-state index in [-0.39, 0.29) is 11.8 Å². The van der Waals surface area contributed by atoms with Gasteiger partial charge in [0.15, 0.2) is 6.10 Å². The largest absolute Gasteiger partial charge is 0.383 e. The Morgan fingerprint density at radius 2 is 1.88 bits per heavy atom. The highest BCUT2D eigenvalue weighted by Crippen LogP contribution is 2.55. The first-order valence-corrected chi connectivity index (χ1v) is 9.86. The Kier molecular flexibility index (Phi) is 4.78. The van der Waals surface area contributed by atoms with Crippen LogP contribution in [0.5, 0.6) is 0 Å². The fraction of sp³-hybridized carbons (Fsp3) is 0.900. The summed E-state index contributed by atoms with van der Waals surface area (Å²) in [5, 5.41) is 21.6. The van der Waals surface area contributed by atoms with Crippen LogP contribution in [0.1, 0.15) is 60.8 Å². The van der Waals surface area contributed by atoms with Gasteiger partial charge < -0.3 is 14.9 Å². The second-order valence-corrected chi connectivity index (χ2v) is 9.52. The first-order chi connectivity index (χ1) is 11.9. The summed E-state index contributed by atoms with van der Waals surface area (Å²) in [6, 6.07) is -0.794. The third-order valence-electron chi connectivity index (χ3n) is 6.97. The van der Waals surface area contributed by atoms with Gasteiger partial charge >= 0.3 is 6.04 Å². The van der Waals surface area contributed by atoms with Gasteiger partial charge in [0.25, 0.3) is 0 Å². The summed E-state index contributed by atoms with van der Waals surface area (Å²) in [5.41, 5.74) is -2.64. The van der Waals surface area contributed by atoms with Gasteiger partial charge in [-0.1, -0.05) is 39.8 Å². The van der Waals surface area contributed by atoms with Crippen LogP contribution >= 0.6 is 0 Å². The van der Waals surface area contributed by atoms with Crippen molar-refractivity contribution in [2.45, 2.75) is 95.9 Å². The average Bonchev–Trinajstić information content (AvgIpc) is 2.99. The summed E-state index contributed by atoms with van der Waals surface area (Å²) < 4.78 is 6.21. The number of fused-ring (bicyclic) bond motifs is 2. The number of ether oxygens (including phenoxy) is 1. The van der Waals surface area contributed by atoms with E-state index in [1.165, 1.54) is 0 Å².